The number of aliphatic hydroxyl groups is 6. The topological polar surface area (TPSA) is 586 Å². The van der Waals surface area contributed by atoms with Gasteiger partial charge in [0.25, 0.3) is 16.7 Å². The Morgan fingerprint density at radius 2 is 0.676 bits per heavy atom. The molecule has 3 fully saturated rings. The van der Waals surface area contributed by atoms with Gasteiger partial charge in [-0.1, -0.05) is 34.1 Å². The van der Waals surface area contributed by atoms with Gasteiger partial charge in [0, 0.05) is 54.0 Å². The second-order valence-corrected chi connectivity index (χ2v) is 39.4. The van der Waals surface area contributed by atoms with Gasteiger partial charge in [-0.15, -0.1) is 0 Å². The summed E-state index contributed by atoms with van der Waals surface area (Å²) < 4.78 is 107. The molecule has 3 saturated heterocycles. The van der Waals surface area contributed by atoms with Crippen LogP contribution in [0, 0.1) is 0 Å². The van der Waals surface area contributed by atoms with E-state index in [0.717, 1.165) is 84.6 Å². The van der Waals surface area contributed by atoms with Crippen molar-refractivity contribution >= 4 is 90.1 Å². The summed E-state index contributed by atoms with van der Waals surface area (Å²) in [5, 5.41) is 72.3. The van der Waals surface area contributed by atoms with Crippen LogP contribution in [-0.4, -0.2) is 242 Å². The highest BCUT2D eigenvalue weighted by Gasteiger charge is 2.57. The largest absolute Gasteiger partial charge is 0.466 e. The maximum Gasteiger partial charge on any atom is 0.330 e. The van der Waals surface area contributed by atoms with Gasteiger partial charge in [-0.05, 0) is 104 Å². The molecule has 3 aliphatic heterocycles. The minimum Gasteiger partial charge on any atom is -0.466 e. The van der Waals surface area contributed by atoms with Crippen molar-refractivity contribution in [2.24, 2.45) is 0 Å². The Bertz CT molecular complexity index is 3720. The van der Waals surface area contributed by atoms with Gasteiger partial charge >= 0.3 is 73.0 Å². The summed E-state index contributed by atoms with van der Waals surface area (Å²) in [7, 11) is 0. The number of nitrogens with one attached hydrogen (secondary N) is 6. The second kappa shape index (κ2) is 43.6. The monoisotopic (exact) mass is 1700 g/mol. The van der Waals surface area contributed by atoms with E-state index in [4.69, 9.17) is 56.2 Å². The number of hydrogen-bond acceptors (Lipinski definition) is 36. The quantitative estimate of drug-likeness (QED) is 0.0214. The van der Waals surface area contributed by atoms with E-state index in [-0.39, 0.29) is 56.3 Å². The van der Waals surface area contributed by atoms with Crippen molar-refractivity contribution in [1.82, 2.24) is 43.9 Å². The van der Waals surface area contributed by atoms with E-state index in [1.807, 2.05) is 15.0 Å². The van der Waals surface area contributed by atoms with Gasteiger partial charge in [-0.25, -0.2) is 29.6 Å². The number of H-pyrrole nitrogens is 3. The first-order chi connectivity index (χ1) is 51.6. The minimum absolute atomic E-state index is 0.0241. The molecule has 3 aromatic heterocycles. The summed E-state index contributed by atoms with van der Waals surface area (Å²) in [6.07, 6.45) is -10.9. The predicted octanol–water partition coefficient (Wildman–Crippen LogP) is 0.860. The molecule has 0 bridgehead atoms. The smallest absolute Gasteiger partial charge is 0.330 e. The molecule has 0 spiro atoms. The van der Waals surface area contributed by atoms with Crippen LogP contribution in [0.2, 0.25) is 0 Å². The Kier molecular flexibility index (Phi) is 38.3. The van der Waals surface area contributed by atoms with Gasteiger partial charge in [-0.3, -0.25) is 85.5 Å². The zero-order valence-corrected chi connectivity index (χ0v) is 68.9. The van der Waals surface area contributed by atoms with Crippen molar-refractivity contribution in [1.29, 1.82) is 0 Å². The number of ether oxygens (including phenoxy) is 9. The van der Waals surface area contributed by atoms with Gasteiger partial charge in [-0.2, -0.15) is 0 Å². The molecular weight excluding hydrogens is 1600 g/mol. The van der Waals surface area contributed by atoms with Crippen molar-refractivity contribution < 1.29 is 129 Å². The van der Waals surface area contributed by atoms with Crippen LogP contribution in [0.5, 0.6) is 0 Å². The third-order valence-electron chi connectivity index (χ3n) is 15.6. The Morgan fingerprint density at radius 3 is 0.874 bits per heavy atom. The SMILES string of the molecule is CCOC(=O)CCSP(=O)(N[C@H](C)C(=O)OC(C)C)OC[C@H]1O[C@@H](n2ccc(=O)[nH]c2=O)[C@](C)(O)[C@@H]1O.CCOC(=O)CCS[P@@](=O)(N[C@H](C)C(=O)OC(C)C)OC[C@H]1O[C@@H](n2ccc(=O)[nH]c2=O)[C@](C)(O)[C@@H]1O.CCOC(=O)CCS[P@](=O)(N[C@H](C)C(=O)OC(C)C)OC[C@H]1O[C@@H](n2ccc(=O)[nH]c2=O)[C@](C)(O)[C@@H]1O. The number of aliphatic hydroxyl groups excluding tert-OH is 3. The van der Waals surface area contributed by atoms with Crippen molar-refractivity contribution in [3.8, 4) is 0 Å². The lowest BCUT2D eigenvalue weighted by molar-refractivity contribution is -0.149. The van der Waals surface area contributed by atoms with Crippen LogP contribution in [0.15, 0.2) is 65.6 Å². The molecule has 18 atom stereocenters. The molecule has 111 heavy (non-hydrogen) atoms. The molecule has 630 valence electrons. The summed E-state index contributed by atoms with van der Waals surface area (Å²) in [6, 6.07) is 0.00224. The van der Waals surface area contributed by atoms with E-state index in [1.165, 1.54) is 41.5 Å². The molecule has 0 radical (unpaired) electrons. The number of aromatic nitrogens is 6. The third kappa shape index (κ3) is 29.4. The highest BCUT2D eigenvalue weighted by Crippen LogP contribution is 2.59. The zero-order chi connectivity index (χ0) is 83.9. The van der Waals surface area contributed by atoms with E-state index in [9.17, 15) is 102 Å². The van der Waals surface area contributed by atoms with Crippen LogP contribution in [0.3, 0.4) is 0 Å². The minimum atomic E-state index is -3.91. The fourth-order valence-corrected chi connectivity index (χ4v) is 21.4. The van der Waals surface area contributed by atoms with Crippen molar-refractivity contribution in [2.75, 3.05) is 56.9 Å². The van der Waals surface area contributed by atoms with Crippen molar-refractivity contribution in [3.63, 3.8) is 0 Å². The highest BCUT2D eigenvalue weighted by molar-refractivity contribution is 8.56. The molecule has 6 rings (SSSR count). The average Bonchev–Trinajstić information content (AvgIpc) is 1.63. The van der Waals surface area contributed by atoms with Gasteiger partial charge in [0.15, 0.2) is 18.7 Å². The first-order valence-electron chi connectivity index (χ1n) is 34.8. The lowest BCUT2D eigenvalue weighted by atomic mass is 9.96. The first-order valence-corrected chi connectivity index (χ1v) is 44.5. The normalized spacial score (nSPS) is 26.0. The fraction of sp³-hybridized carbons (Fsp3) is 0.714. The first kappa shape index (κ1) is 97.4. The zero-order valence-electron chi connectivity index (χ0n) is 63.7. The maximum absolute atomic E-state index is 13.6. The molecule has 0 amide bonds. The molecule has 48 heteroatoms. The Hall–Kier alpha value is -6.00. The molecule has 42 nitrogen and oxygen atoms in total. The van der Waals surface area contributed by atoms with E-state index in [1.54, 1.807) is 62.3 Å². The lowest BCUT2D eigenvalue weighted by Crippen LogP contribution is -2.47. The Balaban J connectivity index is 0.000000351. The molecule has 0 aliphatic carbocycles. The standard InChI is InChI=1S/3C21H34N3O11PS/c3*1-6-32-16(26)8-10-37-36(31,23-13(4)18(28)34-12(2)3)33-11-14-17(27)21(5,30)19(35-14)24-9-7-15(25)22-20(24)29/h3*7,9,12-14,17,19,27,30H,6,8,10-11H2,1-5H3,(H,23,31)(H,22,25,29)/t13-,14-,17-,19-,21-,36?;13-,14-,17-,19-,21-,36+;13-,14-,17-,19-,21-,36-/m111/s1. The third-order valence-corrected chi connectivity index (χ3v) is 27.9. The second-order valence-electron chi connectivity index (χ2n) is 26.2. The number of esters is 6. The van der Waals surface area contributed by atoms with Crippen LogP contribution in [0.25, 0.3) is 0 Å². The van der Waals surface area contributed by atoms with Gasteiger partial charge < -0.3 is 86.8 Å². The Morgan fingerprint density at radius 1 is 0.450 bits per heavy atom. The fourth-order valence-electron chi connectivity index (χ4n) is 10.1. The van der Waals surface area contributed by atoms with E-state index >= 15 is 0 Å². The molecule has 3 aliphatic rings. The molecule has 1 unspecified atom stereocenters. The number of carbonyl (C=O) groups excluding carboxylic acids is 6. The van der Waals surface area contributed by atoms with Gasteiger partial charge in [0.1, 0.15) is 71.6 Å². The summed E-state index contributed by atoms with van der Waals surface area (Å²) in [5.41, 5.74) is -10.5. The molecule has 0 aromatic carbocycles. The predicted molar refractivity (Wildman–Crippen MR) is 399 cm³/mol. The van der Waals surface area contributed by atoms with Crippen molar-refractivity contribution in [2.45, 2.75) is 232 Å². The highest BCUT2D eigenvalue weighted by atomic mass is 32.7. The van der Waals surface area contributed by atoms with E-state index < -0.39 is 218 Å². The molecular formula is C63H102N9O33P3S3. The molecule has 12 N–H and O–H groups in total. The molecule has 0 saturated carbocycles. The summed E-state index contributed by atoms with van der Waals surface area (Å²) in [5.74, 6) is -3.48. The Labute approximate surface area is 648 Å². The molecule has 3 aromatic rings. The van der Waals surface area contributed by atoms with Gasteiger partial charge in [0.2, 0.25) is 0 Å². The van der Waals surface area contributed by atoms with Crippen LogP contribution in [0.4, 0.5) is 0 Å². The average molecular weight is 1700 g/mol. The lowest BCUT2D eigenvalue weighted by Gasteiger charge is -2.27. The summed E-state index contributed by atoms with van der Waals surface area (Å²) >= 11 is 2.24. The van der Waals surface area contributed by atoms with Crippen LogP contribution in [-0.2, 0) is 98.7 Å². The number of aromatic amines is 3. The summed E-state index contributed by atoms with van der Waals surface area (Å²) in [4.78, 5) is 149. The number of rotatable bonds is 39. The van der Waals surface area contributed by atoms with Crippen LogP contribution < -0.4 is 49.0 Å². The van der Waals surface area contributed by atoms with Crippen LogP contribution >= 0.6 is 54.3 Å². The number of nitrogens with zero attached hydrogens (tertiary/aromatic N) is 3. The van der Waals surface area contributed by atoms with E-state index in [0.29, 0.717) is 0 Å². The van der Waals surface area contributed by atoms with E-state index in [2.05, 4.69) is 15.3 Å². The van der Waals surface area contributed by atoms with Gasteiger partial charge in [0.05, 0.1) is 77.2 Å². The van der Waals surface area contributed by atoms with Crippen molar-refractivity contribution in [3.05, 3.63) is 99.3 Å². The van der Waals surface area contributed by atoms with Crippen LogP contribution in [0.1, 0.15) is 142 Å². The number of hydrogen-bond donors (Lipinski definition) is 12. The molecule has 6 heterocycles. The number of carbonyl (C=O) groups is 6. The maximum atomic E-state index is 13.6. The summed E-state index contributed by atoms with van der Waals surface area (Å²) in [6.45, 7) is 10.1.